The van der Waals surface area contributed by atoms with E-state index < -0.39 is 6.04 Å². The minimum Gasteiger partial charge on any atom is -0.378 e. The van der Waals surface area contributed by atoms with Crippen molar-refractivity contribution >= 4 is 17.5 Å². The number of para-hydroxylation sites is 1. The van der Waals surface area contributed by atoms with Gasteiger partial charge in [0, 0.05) is 38.7 Å². The molecule has 1 atom stereocenters. The molecule has 0 aromatic heterocycles. The summed E-state index contributed by atoms with van der Waals surface area (Å²) in [6, 6.07) is 7.36. The zero-order valence-electron chi connectivity index (χ0n) is 14.8. The van der Waals surface area contributed by atoms with Crippen LogP contribution >= 0.6 is 0 Å². The number of ether oxygens (including phenoxy) is 1. The second-order valence-corrected chi connectivity index (χ2v) is 6.78. The summed E-state index contributed by atoms with van der Waals surface area (Å²) in [5.74, 6) is -0.0323. The Hall–Kier alpha value is -1.92. The van der Waals surface area contributed by atoms with Crippen LogP contribution < -0.4 is 10.6 Å². The fraction of sp³-hybridized carbons (Fsp3) is 0.579. The van der Waals surface area contributed by atoms with Gasteiger partial charge in [-0.2, -0.15) is 0 Å². The first kappa shape index (κ1) is 17.9. The average Bonchev–Trinajstić information content (AvgIpc) is 3.01. The van der Waals surface area contributed by atoms with Gasteiger partial charge in [0.2, 0.25) is 11.8 Å². The van der Waals surface area contributed by atoms with Gasteiger partial charge >= 0.3 is 0 Å². The molecule has 25 heavy (non-hydrogen) atoms. The predicted molar refractivity (Wildman–Crippen MR) is 96.3 cm³/mol. The first-order valence-corrected chi connectivity index (χ1v) is 9.10. The summed E-state index contributed by atoms with van der Waals surface area (Å²) in [4.78, 5) is 28.7. The van der Waals surface area contributed by atoms with E-state index in [9.17, 15) is 9.59 Å². The molecule has 0 spiro atoms. The van der Waals surface area contributed by atoms with Crippen molar-refractivity contribution in [2.24, 2.45) is 5.73 Å². The van der Waals surface area contributed by atoms with Crippen molar-refractivity contribution in [1.29, 1.82) is 0 Å². The Morgan fingerprint density at radius 2 is 1.96 bits per heavy atom. The highest BCUT2D eigenvalue weighted by Gasteiger charge is 2.39. The third-order valence-electron chi connectivity index (χ3n) is 5.06. The van der Waals surface area contributed by atoms with Gasteiger partial charge < -0.3 is 15.4 Å². The molecule has 2 aliphatic heterocycles. The number of hydrogen-bond acceptors (Lipinski definition) is 4. The average molecular weight is 345 g/mol. The van der Waals surface area contributed by atoms with Crippen molar-refractivity contribution < 1.29 is 14.3 Å². The molecule has 0 aliphatic carbocycles. The number of amides is 2. The predicted octanol–water partition coefficient (Wildman–Crippen LogP) is 1.32. The maximum absolute atomic E-state index is 13.0. The highest BCUT2D eigenvalue weighted by molar-refractivity contribution is 6.02. The summed E-state index contributed by atoms with van der Waals surface area (Å²) in [5.41, 5.74) is 7.42. The monoisotopic (exact) mass is 345 g/mol. The highest BCUT2D eigenvalue weighted by Crippen LogP contribution is 2.33. The van der Waals surface area contributed by atoms with Gasteiger partial charge in [0.15, 0.2) is 0 Å². The summed E-state index contributed by atoms with van der Waals surface area (Å²) in [5, 5.41) is 0. The highest BCUT2D eigenvalue weighted by atomic mass is 16.5. The lowest BCUT2D eigenvalue weighted by atomic mass is 10.0. The van der Waals surface area contributed by atoms with Gasteiger partial charge in [-0.05, 0) is 37.4 Å². The van der Waals surface area contributed by atoms with Crippen molar-refractivity contribution in [1.82, 2.24) is 4.90 Å². The van der Waals surface area contributed by atoms with Crippen LogP contribution in [0, 0.1) is 0 Å². The zero-order chi connectivity index (χ0) is 17.8. The van der Waals surface area contributed by atoms with Crippen LogP contribution in [0.15, 0.2) is 24.3 Å². The summed E-state index contributed by atoms with van der Waals surface area (Å²) in [7, 11) is 0. The molecule has 2 amide bonds. The number of nitrogens with zero attached hydrogens (tertiary/aromatic N) is 2. The molecular formula is C19H27N3O3. The van der Waals surface area contributed by atoms with Crippen molar-refractivity contribution in [3.63, 3.8) is 0 Å². The standard InChI is InChI=1S/C19H27N3O3/c1-14(23)22-17-6-3-2-5-15(17)13-18(22)19(24)21-10-7-16(8-11-21)25-12-4-9-20/h2-3,5-6,16,18H,4,7-13,20H2,1H3/t18-/m0/s1. The third kappa shape index (κ3) is 3.85. The van der Waals surface area contributed by atoms with Gasteiger partial charge in [0.1, 0.15) is 6.04 Å². The van der Waals surface area contributed by atoms with E-state index in [2.05, 4.69) is 0 Å². The molecule has 0 saturated carbocycles. The number of hydrogen-bond donors (Lipinski definition) is 1. The quantitative estimate of drug-likeness (QED) is 0.817. The number of rotatable bonds is 5. The Morgan fingerprint density at radius 1 is 1.24 bits per heavy atom. The molecule has 0 unspecified atom stereocenters. The van der Waals surface area contributed by atoms with E-state index in [1.54, 1.807) is 4.90 Å². The number of anilines is 1. The van der Waals surface area contributed by atoms with Crippen LogP contribution in [0.25, 0.3) is 0 Å². The smallest absolute Gasteiger partial charge is 0.246 e. The van der Waals surface area contributed by atoms with Crippen molar-refractivity contribution in [2.45, 2.75) is 44.8 Å². The molecule has 1 aromatic rings. The third-order valence-corrected chi connectivity index (χ3v) is 5.06. The van der Waals surface area contributed by atoms with Crippen LogP contribution in [0.4, 0.5) is 5.69 Å². The molecule has 2 aliphatic rings. The van der Waals surface area contributed by atoms with Gasteiger partial charge in [0.25, 0.3) is 0 Å². The minimum atomic E-state index is -0.412. The van der Waals surface area contributed by atoms with Gasteiger partial charge in [-0.25, -0.2) is 0 Å². The van der Waals surface area contributed by atoms with E-state index in [0.717, 1.165) is 30.5 Å². The Bertz CT molecular complexity index is 626. The van der Waals surface area contributed by atoms with Crippen molar-refractivity contribution in [3.8, 4) is 0 Å². The Balaban J connectivity index is 1.61. The molecule has 1 aromatic carbocycles. The Labute approximate surface area is 148 Å². The molecule has 6 nitrogen and oxygen atoms in total. The molecule has 3 rings (SSSR count). The molecule has 0 bridgehead atoms. The summed E-state index contributed by atoms with van der Waals surface area (Å²) < 4.78 is 5.80. The minimum absolute atomic E-state index is 0.0480. The molecule has 0 radical (unpaired) electrons. The molecule has 2 N–H and O–H groups in total. The summed E-state index contributed by atoms with van der Waals surface area (Å²) in [6.45, 7) is 4.22. The fourth-order valence-electron chi connectivity index (χ4n) is 3.76. The molecule has 6 heteroatoms. The van der Waals surface area contributed by atoms with E-state index in [4.69, 9.17) is 10.5 Å². The molecule has 136 valence electrons. The summed E-state index contributed by atoms with van der Waals surface area (Å²) >= 11 is 0. The normalized spacial score (nSPS) is 20.6. The number of nitrogens with two attached hydrogens (primary N) is 1. The Morgan fingerprint density at radius 3 is 2.64 bits per heavy atom. The number of piperidine rings is 1. The number of carbonyl (C=O) groups is 2. The molecule has 2 heterocycles. The van der Waals surface area contributed by atoms with Crippen LogP contribution in [0.3, 0.4) is 0 Å². The number of benzene rings is 1. The van der Waals surface area contributed by atoms with Gasteiger partial charge in [0.05, 0.1) is 6.10 Å². The number of likely N-dealkylation sites (tertiary alicyclic amines) is 1. The van der Waals surface area contributed by atoms with E-state index in [1.165, 1.54) is 6.92 Å². The number of carbonyl (C=O) groups excluding carboxylic acids is 2. The van der Waals surface area contributed by atoms with E-state index in [0.29, 0.717) is 32.7 Å². The SMILES string of the molecule is CC(=O)N1c2ccccc2C[C@H]1C(=O)N1CCC(OCCCN)CC1. The van der Waals surface area contributed by atoms with E-state index >= 15 is 0 Å². The number of fused-ring (bicyclic) bond motifs is 1. The Kier molecular flexibility index (Phi) is 5.71. The second-order valence-electron chi connectivity index (χ2n) is 6.78. The van der Waals surface area contributed by atoms with E-state index in [-0.39, 0.29) is 17.9 Å². The van der Waals surface area contributed by atoms with Crippen LogP contribution in [-0.2, 0) is 20.7 Å². The fourth-order valence-corrected chi connectivity index (χ4v) is 3.76. The maximum Gasteiger partial charge on any atom is 0.246 e. The van der Waals surface area contributed by atoms with Crippen LogP contribution in [0.1, 0.15) is 31.7 Å². The lowest BCUT2D eigenvalue weighted by molar-refractivity contribution is -0.136. The molecule has 1 saturated heterocycles. The zero-order valence-corrected chi connectivity index (χ0v) is 14.8. The largest absolute Gasteiger partial charge is 0.378 e. The van der Waals surface area contributed by atoms with Gasteiger partial charge in [-0.3, -0.25) is 14.5 Å². The van der Waals surface area contributed by atoms with Crippen LogP contribution in [-0.4, -0.2) is 55.1 Å². The van der Waals surface area contributed by atoms with E-state index in [1.807, 2.05) is 29.2 Å². The van der Waals surface area contributed by atoms with Crippen LogP contribution in [0.2, 0.25) is 0 Å². The molecule has 1 fully saturated rings. The van der Waals surface area contributed by atoms with Crippen LogP contribution in [0.5, 0.6) is 0 Å². The van der Waals surface area contributed by atoms with Crippen molar-refractivity contribution in [3.05, 3.63) is 29.8 Å². The second kappa shape index (κ2) is 7.97. The summed E-state index contributed by atoms with van der Waals surface area (Å²) in [6.07, 6.45) is 3.36. The maximum atomic E-state index is 13.0. The topological polar surface area (TPSA) is 75.9 Å². The van der Waals surface area contributed by atoms with Crippen molar-refractivity contribution in [2.75, 3.05) is 31.1 Å². The first-order chi connectivity index (χ1) is 12.1. The first-order valence-electron chi connectivity index (χ1n) is 9.10. The van der Waals surface area contributed by atoms with Gasteiger partial charge in [-0.1, -0.05) is 18.2 Å². The molecular weight excluding hydrogens is 318 g/mol. The van der Waals surface area contributed by atoms with Gasteiger partial charge in [-0.15, -0.1) is 0 Å². The lowest BCUT2D eigenvalue weighted by Gasteiger charge is -2.35. The lowest BCUT2D eigenvalue weighted by Crippen LogP contribution is -2.51.